The van der Waals surface area contributed by atoms with Gasteiger partial charge < -0.3 is 16.8 Å². The van der Waals surface area contributed by atoms with Crippen LogP contribution in [0.2, 0.25) is 0 Å². The van der Waals surface area contributed by atoms with Crippen molar-refractivity contribution >= 4 is 33.1 Å². The second kappa shape index (κ2) is 5.07. The average Bonchev–Trinajstić information content (AvgIpc) is 2.68. The summed E-state index contributed by atoms with van der Waals surface area (Å²) in [4.78, 5) is 13.0. The van der Waals surface area contributed by atoms with Gasteiger partial charge in [-0.25, -0.2) is 0 Å². The summed E-state index contributed by atoms with van der Waals surface area (Å²) in [5.74, 6) is -0.182. The molecule has 0 aliphatic heterocycles. The molecule has 0 saturated carbocycles. The Balaban J connectivity index is 2.23. The summed E-state index contributed by atoms with van der Waals surface area (Å²) < 4.78 is 0. The second-order valence-corrected chi connectivity index (χ2v) is 4.49. The van der Waals surface area contributed by atoms with Gasteiger partial charge in [0.1, 0.15) is 9.71 Å². The standard InChI is InChI=1S/C10H13N5OS/c11-3-1-4-13-9(16)8-7(12)6-2-5-14-15-10(6)17-8/h2,5H,1,3-4,11-12H2,(H,13,16). The zero-order valence-electron chi connectivity index (χ0n) is 9.14. The number of nitrogen functional groups attached to an aromatic ring is 1. The highest BCUT2D eigenvalue weighted by Crippen LogP contribution is 2.31. The summed E-state index contributed by atoms with van der Waals surface area (Å²) in [6.07, 6.45) is 2.30. The minimum atomic E-state index is -0.182. The molecule has 0 atom stereocenters. The molecule has 0 unspecified atom stereocenters. The van der Waals surface area contributed by atoms with Crippen LogP contribution in [0, 0.1) is 0 Å². The smallest absolute Gasteiger partial charge is 0.263 e. The number of anilines is 1. The molecule has 1 amide bonds. The number of carbonyl (C=O) groups is 1. The van der Waals surface area contributed by atoms with Gasteiger partial charge in [0.25, 0.3) is 5.91 Å². The number of hydrogen-bond acceptors (Lipinski definition) is 6. The zero-order chi connectivity index (χ0) is 12.3. The van der Waals surface area contributed by atoms with E-state index in [4.69, 9.17) is 11.5 Å². The minimum absolute atomic E-state index is 0.182. The van der Waals surface area contributed by atoms with Gasteiger partial charge in [0.2, 0.25) is 0 Å². The third-order valence-corrected chi connectivity index (χ3v) is 3.40. The second-order valence-electron chi connectivity index (χ2n) is 3.49. The van der Waals surface area contributed by atoms with E-state index in [0.717, 1.165) is 11.8 Å². The molecule has 0 aromatic carbocycles. The highest BCUT2D eigenvalue weighted by Gasteiger charge is 2.16. The van der Waals surface area contributed by atoms with Crippen LogP contribution < -0.4 is 16.8 Å². The fraction of sp³-hybridized carbons (Fsp3) is 0.300. The molecule has 17 heavy (non-hydrogen) atoms. The Morgan fingerprint density at radius 1 is 1.53 bits per heavy atom. The summed E-state index contributed by atoms with van der Waals surface area (Å²) >= 11 is 1.25. The number of rotatable bonds is 4. The van der Waals surface area contributed by atoms with Crippen molar-refractivity contribution in [3.8, 4) is 0 Å². The third-order valence-electron chi connectivity index (χ3n) is 2.29. The van der Waals surface area contributed by atoms with Crippen molar-refractivity contribution in [3.63, 3.8) is 0 Å². The Kier molecular flexibility index (Phi) is 3.50. The Labute approximate surface area is 102 Å². The molecular formula is C10H13N5OS. The molecule has 0 bridgehead atoms. The molecule has 0 radical (unpaired) electrons. The third kappa shape index (κ3) is 2.34. The van der Waals surface area contributed by atoms with Crippen LogP contribution in [-0.2, 0) is 0 Å². The van der Waals surface area contributed by atoms with Gasteiger partial charge in [0.15, 0.2) is 0 Å². The molecule has 90 valence electrons. The Hall–Kier alpha value is -1.73. The SMILES string of the molecule is NCCCNC(=O)c1sc2nnccc2c1N. The van der Waals surface area contributed by atoms with Gasteiger partial charge >= 0.3 is 0 Å². The molecule has 0 saturated heterocycles. The maximum absolute atomic E-state index is 11.8. The predicted octanol–water partition coefficient (Wildman–Crippen LogP) is 0.352. The van der Waals surface area contributed by atoms with E-state index in [2.05, 4.69) is 15.5 Å². The van der Waals surface area contributed by atoms with E-state index in [1.54, 1.807) is 12.3 Å². The zero-order valence-corrected chi connectivity index (χ0v) is 9.96. The average molecular weight is 251 g/mol. The van der Waals surface area contributed by atoms with Gasteiger partial charge in [-0.2, -0.15) is 5.10 Å². The van der Waals surface area contributed by atoms with Crippen LogP contribution in [0.1, 0.15) is 16.1 Å². The monoisotopic (exact) mass is 251 g/mol. The summed E-state index contributed by atoms with van der Waals surface area (Å²) in [5.41, 5.74) is 11.7. The molecular weight excluding hydrogens is 238 g/mol. The van der Waals surface area contributed by atoms with Crippen LogP contribution in [0.3, 0.4) is 0 Å². The Morgan fingerprint density at radius 3 is 3.06 bits per heavy atom. The van der Waals surface area contributed by atoms with Gasteiger partial charge in [0, 0.05) is 11.9 Å². The number of thiophene rings is 1. The molecule has 7 heteroatoms. The molecule has 0 fully saturated rings. The fourth-order valence-corrected chi connectivity index (χ4v) is 2.38. The van der Waals surface area contributed by atoms with Crippen LogP contribution >= 0.6 is 11.3 Å². The quantitative estimate of drug-likeness (QED) is 0.680. The molecule has 2 aromatic heterocycles. The van der Waals surface area contributed by atoms with Crippen LogP contribution in [0.25, 0.3) is 10.2 Å². The van der Waals surface area contributed by atoms with E-state index in [-0.39, 0.29) is 5.91 Å². The van der Waals surface area contributed by atoms with E-state index < -0.39 is 0 Å². The lowest BCUT2D eigenvalue weighted by Crippen LogP contribution is -2.25. The first-order valence-corrected chi connectivity index (χ1v) is 6.03. The maximum atomic E-state index is 11.8. The first-order valence-electron chi connectivity index (χ1n) is 5.22. The van der Waals surface area contributed by atoms with E-state index in [1.807, 2.05) is 0 Å². The Morgan fingerprint density at radius 2 is 2.35 bits per heavy atom. The maximum Gasteiger partial charge on any atom is 0.263 e. The summed E-state index contributed by atoms with van der Waals surface area (Å²) in [7, 11) is 0. The number of nitrogens with one attached hydrogen (secondary N) is 1. The van der Waals surface area contributed by atoms with Crippen LogP contribution in [0.5, 0.6) is 0 Å². The van der Waals surface area contributed by atoms with Gasteiger partial charge in [-0.15, -0.1) is 16.4 Å². The van der Waals surface area contributed by atoms with Crippen molar-refractivity contribution in [1.29, 1.82) is 0 Å². The lowest BCUT2D eigenvalue weighted by atomic mass is 10.3. The molecule has 6 nitrogen and oxygen atoms in total. The normalized spacial score (nSPS) is 10.6. The van der Waals surface area contributed by atoms with Crippen LogP contribution in [-0.4, -0.2) is 29.2 Å². The first kappa shape index (κ1) is 11.7. The van der Waals surface area contributed by atoms with Crippen LogP contribution in [0.15, 0.2) is 12.3 Å². The van der Waals surface area contributed by atoms with Crippen molar-refractivity contribution in [2.24, 2.45) is 5.73 Å². The lowest BCUT2D eigenvalue weighted by molar-refractivity contribution is 0.0958. The van der Waals surface area contributed by atoms with Crippen molar-refractivity contribution in [1.82, 2.24) is 15.5 Å². The first-order chi connectivity index (χ1) is 8.24. The molecule has 0 aliphatic rings. The number of carbonyl (C=O) groups excluding carboxylic acids is 1. The van der Waals surface area contributed by atoms with E-state index in [1.165, 1.54) is 11.3 Å². The van der Waals surface area contributed by atoms with Crippen molar-refractivity contribution in [2.45, 2.75) is 6.42 Å². The highest BCUT2D eigenvalue weighted by atomic mass is 32.1. The topological polar surface area (TPSA) is 107 Å². The summed E-state index contributed by atoms with van der Waals surface area (Å²) in [5, 5.41) is 11.2. The Bertz CT molecular complexity index is 538. The summed E-state index contributed by atoms with van der Waals surface area (Å²) in [6, 6.07) is 1.75. The molecule has 0 spiro atoms. The van der Waals surface area contributed by atoms with Gasteiger partial charge in [-0.05, 0) is 19.0 Å². The molecule has 5 N–H and O–H groups in total. The van der Waals surface area contributed by atoms with E-state index in [9.17, 15) is 4.79 Å². The largest absolute Gasteiger partial charge is 0.397 e. The van der Waals surface area contributed by atoms with Crippen molar-refractivity contribution in [2.75, 3.05) is 18.8 Å². The predicted molar refractivity (Wildman–Crippen MR) is 67.8 cm³/mol. The van der Waals surface area contributed by atoms with Crippen molar-refractivity contribution in [3.05, 3.63) is 17.1 Å². The highest BCUT2D eigenvalue weighted by molar-refractivity contribution is 7.21. The molecule has 0 aliphatic carbocycles. The van der Waals surface area contributed by atoms with Crippen molar-refractivity contribution < 1.29 is 4.79 Å². The number of nitrogens with zero attached hydrogens (tertiary/aromatic N) is 2. The summed E-state index contributed by atoms with van der Waals surface area (Å²) in [6.45, 7) is 1.10. The number of hydrogen-bond donors (Lipinski definition) is 3. The number of aromatic nitrogens is 2. The van der Waals surface area contributed by atoms with Gasteiger partial charge in [-0.1, -0.05) is 0 Å². The van der Waals surface area contributed by atoms with Crippen LogP contribution in [0.4, 0.5) is 5.69 Å². The number of amides is 1. The van der Waals surface area contributed by atoms with E-state index in [0.29, 0.717) is 28.5 Å². The minimum Gasteiger partial charge on any atom is -0.397 e. The number of nitrogens with two attached hydrogens (primary N) is 2. The number of fused-ring (bicyclic) bond motifs is 1. The molecule has 2 heterocycles. The fourth-order valence-electron chi connectivity index (χ4n) is 1.43. The van der Waals surface area contributed by atoms with Gasteiger partial charge in [0.05, 0.1) is 11.9 Å². The van der Waals surface area contributed by atoms with Gasteiger partial charge in [-0.3, -0.25) is 4.79 Å². The lowest BCUT2D eigenvalue weighted by Gasteiger charge is -2.02. The van der Waals surface area contributed by atoms with E-state index >= 15 is 0 Å². The molecule has 2 aromatic rings. The molecule has 2 rings (SSSR count).